The largest absolute Gasteiger partial charge is 0.476 e. The van der Waals surface area contributed by atoms with Crippen LogP contribution in [0.5, 0.6) is 0 Å². The van der Waals surface area contributed by atoms with Crippen LogP contribution in [0.3, 0.4) is 0 Å². The number of aromatic amines is 1. The monoisotopic (exact) mass is 352 g/mol. The van der Waals surface area contributed by atoms with Gasteiger partial charge < -0.3 is 15.2 Å². The minimum absolute atomic E-state index is 0.160. The number of aromatic carboxylic acids is 1. The van der Waals surface area contributed by atoms with Gasteiger partial charge in [-0.3, -0.25) is 0 Å². The summed E-state index contributed by atoms with van der Waals surface area (Å²) in [6, 6.07) is 5.69. The molecule has 3 N–H and O–H groups in total. The van der Waals surface area contributed by atoms with Gasteiger partial charge in [0.1, 0.15) is 6.10 Å². The van der Waals surface area contributed by atoms with Gasteiger partial charge in [-0.15, -0.1) is 11.3 Å². The highest BCUT2D eigenvalue weighted by atomic mass is 79.9. The lowest BCUT2D eigenvalue weighted by molar-refractivity contribution is 0.0685. The number of nitrogens with zero attached hydrogens (tertiary/aromatic N) is 1. The summed E-state index contributed by atoms with van der Waals surface area (Å²) in [5.41, 5.74) is 0.696. The lowest BCUT2D eigenvalue weighted by atomic mass is 10.0. The number of fused-ring (bicyclic) bond motifs is 1. The second-order valence-electron chi connectivity index (χ2n) is 4.18. The average Bonchev–Trinajstić information content (AvgIpc) is 3.05. The summed E-state index contributed by atoms with van der Waals surface area (Å²) >= 11 is 4.95. The molecule has 20 heavy (non-hydrogen) atoms. The van der Waals surface area contributed by atoms with Crippen LogP contribution in [0.25, 0.3) is 10.1 Å². The molecule has 0 spiro atoms. The van der Waals surface area contributed by atoms with Crippen molar-refractivity contribution in [2.45, 2.75) is 6.10 Å². The molecule has 1 aromatic carbocycles. The number of thiophene rings is 1. The lowest BCUT2D eigenvalue weighted by Gasteiger charge is -2.09. The van der Waals surface area contributed by atoms with Crippen LogP contribution in [-0.4, -0.2) is 26.2 Å². The summed E-state index contributed by atoms with van der Waals surface area (Å²) in [5.74, 6) is -1.17. The first-order valence-electron chi connectivity index (χ1n) is 5.70. The molecule has 1 atom stereocenters. The third-order valence-electron chi connectivity index (χ3n) is 3.02. The summed E-state index contributed by atoms with van der Waals surface area (Å²) in [6.07, 6.45) is 0.221. The van der Waals surface area contributed by atoms with Crippen LogP contribution in [0.2, 0.25) is 0 Å². The number of aliphatic hydroxyl groups excluding tert-OH is 1. The fraction of sp³-hybridized carbons (Fsp3) is 0.0769. The minimum atomic E-state index is -1.17. The number of halogens is 1. The van der Waals surface area contributed by atoms with E-state index in [2.05, 4.69) is 25.9 Å². The fourth-order valence-corrected chi connectivity index (χ4v) is 3.73. The van der Waals surface area contributed by atoms with E-state index in [1.54, 1.807) is 0 Å². The third kappa shape index (κ3) is 2.04. The zero-order valence-electron chi connectivity index (χ0n) is 10.0. The van der Waals surface area contributed by atoms with Crippen LogP contribution in [0, 0.1) is 0 Å². The second kappa shape index (κ2) is 5.01. The number of carbonyl (C=O) groups is 1. The summed E-state index contributed by atoms with van der Waals surface area (Å²) in [4.78, 5) is 17.5. The van der Waals surface area contributed by atoms with Gasteiger partial charge in [-0.1, -0.05) is 12.1 Å². The molecule has 0 amide bonds. The van der Waals surface area contributed by atoms with Gasteiger partial charge in [-0.25, -0.2) is 9.78 Å². The van der Waals surface area contributed by atoms with Gasteiger partial charge in [-0.05, 0) is 32.8 Å². The van der Waals surface area contributed by atoms with E-state index in [0.29, 0.717) is 5.56 Å². The van der Waals surface area contributed by atoms with Crippen molar-refractivity contribution in [3.63, 3.8) is 0 Å². The van der Waals surface area contributed by atoms with Crippen LogP contribution in [0.4, 0.5) is 0 Å². The number of rotatable bonds is 3. The Morgan fingerprint density at radius 3 is 3.00 bits per heavy atom. The first-order valence-corrected chi connectivity index (χ1v) is 7.37. The molecule has 0 bridgehead atoms. The van der Waals surface area contributed by atoms with E-state index in [1.807, 2.05) is 23.6 Å². The molecule has 3 aromatic rings. The van der Waals surface area contributed by atoms with Gasteiger partial charge in [0.2, 0.25) is 0 Å². The molecular weight excluding hydrogens is 344 g/mol. The highest BCUT2D eigenvalue weighted by molar-refractivity contribution is 9.10. The maximum absolute atomic E-state index is 11.1. The van der Waals surface area contributed by atoms with Crippen molar-refractivity contribution in [3.05, 3.63) is 51.3 Å². The molecule has 3 rings (SSSR count). The Bertz CT molecular complexity index is 796. The molecule has 5 nitrogen and oxygen atoms in total. The second-order valence-corrected chi connectivity index (χ2v) is 5.91. The number of hydrogen-bond acceptors (Lipinski definition) is 4. The van der Waals surface area contributed by atoms with Gasteiger partial charge >= 0.3 is 5.97 Å². The summed E-state index contributed by atoms with van der Waals surface area (Å²) < 4.78 is 1.96. The molecule has 0 aliphatic heterocycles. The third-order valence-corrected chi connectivity index (χ3v) is 4.99. The smallest absolute Gasteiger partial charge is 0.356 e. The number of nitrogens with one attached hydrogen (secondary N) is 1. The van der Waals surface area contributed by atoms with Crippen molar-refractivity contribution in [3.8, 4) is 0 Å². The molecule has 0 aliphatic rings. The van der Waals surface area contributed by atoms with Gasteiger partial charge in [0.15, 0.2) is 5.69 Å². The zero-order chi connectivity index (χ0) is 14.3. The predicted molar refractivity (Wildman–Crippen MR) is 79.1 cm³/mol. The minimum Gasteiger partial charge on any atom is -0.476 e. The van der Waals surface area contributed by atoms with E-state index in [1.165, 1.54) is 17.7 Å². The van der Waals surface area contributed by atoms with E-state index >= 15 is 0 Å². The summed E-state index contributed by atoms with van der Waals surface area (Å²) in [7, 11) is 0. The Morgan fingerprint density at radius 1 is 1.45 bits per heavy atom. The Hall–Kier alpha value is -1.70. The number of benzene rings is 1. The van der Waals surface area contributed by atoms with E-state index in [9.17, 15) is 9.90 Å². The average molecular weight is 353 g/mol. The Kier molecular flexibility index (Phi) is 3.33. The van der Waals surface area contributed by atoms with Crippen LogP contribution < -0.4 is 0 Å². The van der Waals surface area contributed by atoms with Gasteiger partial charge in [0.25, 0.3) is 0 Å². The maximum atomic E-state index is 11.1. The number of aliphatic hydroxyl groups is 1. The first-order chi connectivity index (χ1) is 9.59. The molecule has 0 fully saturated rings. The standard InChI is InChI=1S/C13H9BrN2O3S/c14-8-3-1-2-6-7(4-20-12(6)8)11(17)9-10(13(18)19)16-5-15-9/h1-5,11,17H,(H,15,16)(H,18,19). The van der Waals surface area contributed by atoms with E-state index in [-0.39, 0.29) is 11.4 Å². The van der Waals surface area contributed by atoms with Gasteiger partial charge in [0, 0.05) is 14.7 Å². The molecule has 2 heterocycles. The molecule has 0 radical (unpaired) electrons. The maximum Gasteiger partial charge on any atom is 0.356 e. The van der Waals surface area contributed by atoms with E-state index in [0.717, 1.165) is 14.6 Å². The molecule has 0 saturated carbocycles. The normalized spacial score (nSPS) is 12.7. The molecular formula is C13H9BrN2O3S. The number of H-pyrrole nitrogens is 1. The summed E-state index contributed by atoms with van der Waals surface area (Å²) in [6.45, 7) is 0. The highest BCUT2D eigenvalue weighted by Crippen LogP contribution is 2.37. The predicted octanol–water partition coefficient (Wildman–Crippen LogP) is 3.17. The number of carboxylic acids is 1. The van der Waals surface area contributed by atoms with Crippen molar-refractivity contribution in [1.82, 2.24) is 9.97 Å². The Balaban J connectivity index is 2.13. The topological polar surface area (TPSA) is 86.2 Å². The molecule has 102 valence electrons. The van der Waals surface area contributed by atoms with Crippen molar-refractivity contribution < 1.29 is 15.0 Å². The quantitative estimate of drug-likeness (QED) is 0.675. The molecule has 0 aliphatic carbocycles. The van der Waals surface area contributed by atoms with Crippen LogP contribution >= 0.6 is 27.3 Å². The zero-order valence-corrected chi connectivity index (χ0v) is 12.4. The number of hydrogen-bond donors (Lipinski definition) is 3. The van der Waals surface area contributed by atoms with Crippen molar-refractivity contribution in [1.29, 1.82) is 0 Å². The molecule has 7 heteroatoms. The number of imidazole rings is 1. The summed E-state index contributed by atoms with van der Waals surface area (Å²) in [5, 5.41) is 22.2. The van der Waals surface area contributed by atoms with Gasteiger partial charge in [0.05, 0.1) is 12.0 Å². The van der Waals surface area contributed by atoms with Crippen molar-refractivity contribution in [2.75, 3.05) is 0 Å². The Labute approximate surface area is 126 Å². The van der Waals surface area contributed by atoms with Crippen LogP contribution in [0.1, 0.15) is 27.8 Å². The number of carboxylic acid groups (broad SMARTS) is 1. The molecule has 2 aromatic heterocycles. The van der Waals surface area contributed by atoms with Crippen molar-refractivity contribution in [2.24, 2.45) is 0 Å². The highest BCUT2D eigenvalue weighted by Gasteiger charge is 2.23. The lowest BCUT2D eigenvalue weighted by Crippen LogP contribution is -2.07. The van der Waals surface area contributed by atoms with Crippen LogP contribution in [-0.2, 0) is 0 Å². The first kappa shape index (κ1) is 13.3. The fourth-order valence-electron chi connectivity index (χ4n) is 2.09. The van der Waals surface area contributed by atoms with Crippen LogP contribution in [0.15, 0.2) is 34.4 Å². The SMILES string of the molecule is O=C(O)c1nc[nH]c1C(O)c1csc2c(Br)cccc12. The Morgan fingerprint density at radius 2 is 2.25 bits per heavy atom. The number of aromatic nitrogens is 2. The van der Waals surface area contributed by atoms with E-state index < -0.39 is 12.1 Å². The van der Waals surface area contributed by atoms with Gasteiger partial charge in [-0.2, -0.15) is 0 Å². The van der Waals surface area contributed by atoms with E-state index in [4.69, 9.17) is 5.11 Å². The molecule has 1 unspecified atom stereocenters. The van der Waals surface area contributed by atoms with Crippen molar-refractivity contribution >= 4 is 43.3 Å². The molecule has 0 saturated heterocycles.